The summed E-state index contributed by atoms with van der Waals surface area (Å²) in [6.45, 7) is 7.04. The molecule has 2 N–H and O–H groups in total. The third-order valence-corrected chi connectivity index (χ3v) is 4.13. The highest BCUT2D eigenvalue weighted by Gasteiger charge is 2.21. The Kier molecular flexibility index (Phi) is 3.23. The molecule has 0 saturated carbocycles. The SMILES string of the molecule is CCCc1cc(CC)cc2c3n(c(O)c12)CCNC3. The number of nitrogens with one attached hydrogen (secondary N) is 1. The Morgan fingerprint density at radius 3 is 2.89 bits per heavy atom. The van der Waals surface area contributed by atoms with Crippen LogP contribution >= 0.6 is 0 Å². The van der Waals surface area contributed by atoms with E-state index in [2.05, 4.69) is 35.9 Å². The molecule has 0 bridgehead atoms. The molecule has 1 aromatic heterocycles. The smallest absolute Gasteiger partial charge is 0.199 e. The Labute approximate surface area is 114 Å². The zero-order valence-corrected chi connectivity index (χ0v) is 11.8. The average molecular weight is 258 g/mol. The van der Waals surface area contributed by atoms with Crippen LogP contribution in [-0.4, -0.2) is 16.2 Å². The van der Waals surface area contributed by atoms with Gasteiger partial charge in [0.1, 0.15) is 0 Å². The van der Waals surface area contributed by atoms with Gasteiger partial charge in [0.25, 0.3) is 0 Å². The van der Waals surface area contributed by atoms with E-state index < -0.39 is 0 Å². The first-order chi connectivity index (χ1) is 9.26. The summed E-state index contributed by atoms with van der Waals surface area (Å²) in [6, 6.07) is 4.53. The second-order valence-corrected chi connectivity index (χ2v) is 5.38. The molecule has 3 rings (SSSR count). The van der Waals surface area contributed by atoms with Crippen molar-refractivity contribution >= 4 is 10.8 Å². The number of nitrogens with zero attached hydrogens (tertiary/aromatic N) is 1. The summed E-state index contributed by atoms with van der Waals surface area (Å²) >= 11 is 0. The third-order valence-electron chi connectivity index (χ3n) is 4.13. The van der Waals surface area contributed by atoms with Crippen LogP contribution in [0.3, 0.4) is 0 Å². The average Bonchev–Trinajstić information content (AvgIpc) is 2.73. The Bertz CT molecular complexity index is 613. The minimum Gasteiger partial charge on any atom is -0.494 e. The highest BCUT2D eigenvalue weighted by Crippen LogP contribution is 2.36. The lowest BCUT2D eigenvalue weighted by atomic mass is 9.98. The lowest BCUT2D eigenvalue weighted by Gasteiger charge is -2.17. The fourth-order valence-corrected chi connectivity index (χ4v) is 3.17. The van der Waals surface area contributed by atoms with Crippen LogP contribution in [0.5, 0.6) is 5.88 Å². The highest BCUT2D eigenvalue weighted by atomic mass is 16.3. The van der Waals surface area contributed by atoms with E-state index in [-0.39, 0.29) is 0 Å². The van der Waals surface area contributed by atoms with E-state index in [1.807, 2.05) is 0 Å². The van der Waals surface area contributed by atoms with Crippen LogP contribution in [-0.2, 0) is 25.9 Å². The number of aromatic nitrogens is 1. The van der Waals surface area contributed by atoms with E-state index in [0.717, 1.165) is 44.3 Å². The van der Waals surface area contributed by atoms with Crippen LogP contribution in [0.2, 0.25) is 0 Å². The minimum absolute atomic E-state index is 0.470. The lowest BCUT2D eigenvalue weighted by molar-refractivity contribution is 0.396. The molecular weight excluding hydrogens is 236 g/mol. The van der Waals surface area contributed by atoms with Gasteiger partial charge in [-0.3, -0.25) is 0 Å². The zero-order chi connectivity index (χ0) is 13.4. The van der Waals surface area contributed by atoms with Gasteiger partial charge in [-0.05, 0) is 30.0 Å². The van der Waals surface area contributed by atoms with Crippen molar-refractivity contribution in [2.75, 3.05) is 6.54 Å². The van der Waals surface area contributed by atoms with E-state index in [1.54, 1.807) is 0 Å². The van der Waals surface area contributed by atoms with Crippen LogP contribution in [0.15, 0.2) is 12.1 Å². The molecule has 0 fully saturated rings. The Balaban J connectivity index is 2.31. The van der Waals surface area contributed by atoms with Gasteiger partial charge in [0.05, 0.1) is 0 Å². The Morgan fingerprint density at radius 2 is 2.16 bits per heavy atom. The first kappa shape index (κ1) is 12.5. The van der Waals surface area contributed by atoms with Gasteiger partial charge in [-0.15, -0.1) is 0 Å². The number of fused-ring (bicyclic) bond motifs is 3. The van der Waals surface area contributed by atoms with Gasteiger partial charge in [-0.25, -0.2) is 0 Å². The van der Waals surface area contributed by atoms with Crippen molar-refractivity contribution in [1.82, 2.24) is 9.88 Å². The van der Waals surface area contributed by atoms with Crippen molar-refractivity contribution in [3.8, 4) is 5.88 Å². The van der Waals surface area contributed by atoms with E-state index >= 15 is 0 Å². The van der Waals surface area contributed by atoms with Gasteiger partial charge in [-0.1, -0.05) is 26.3 Å². The summed E-state index contributed by atoms with van der Waals surface area (Å²) in [7, 11) is 0. The van der Waals surface area contributed by atoms with Gasteiger partial charge < -0.3 is 15.0 Å². The maximum Gasteiger partial charge on any atom is 0.199 e. The summed E-state index contributed by atoms with van der Waals surface area (Å²) in [5.41, 5.74) is 3.91. The van der Waals surface area contributed by atoms with Crippen LogP contribution < -0.4 is 5.32 Å². The molecule has 0 unspecified atom stereocenters. The molecule has 0 aliphatic carbocycles. The quantitative estimate of drug-likeness (QED) is 0.888. The van der Waals surface area contributed by atoms with Crippen molar-refractivity contribution in [2.45, 2.75) is 46.2 Å². The first-order valence-electron chi connectivity index (χ1n) is 7.32. The standard InChI is InChI=1S/C16H22N2O/c1-3-5-12-8-11(4-2)9-13-14-10-17-6-7-18(14)16(19)15(12)13/h8-9,17,19H,3-7,10H2,1-2H3. The topological polar surface area (TPSA) is 37.2 Å². The van der Waals surface area contributed by atoms with Crippen molar-refractivity contribution in [3.63, 3.8) is 0 Å². The molecule has 2 aromatic rings. The molecule has 1 aliphatic rings. The number of aromatic hydroxyl groups is 1. The minimum atomic E-state index is 0.470. The van der Waals surface area contributed by atoms with Gasteiger partial charge in [0.15, 0.2) is 5.88 Å². The lowest BCUT2D eigenvalue weighted by Crippen LogP contribution is -2.27. The fraction of sp³-hybridized carbons (Fsp3) is 0.500. The van der Waals surface area contributed by atoms with Crippen LogP contribution in [0, 0.1) is 0 Å². The molecule has 102 valence electrons. The highest BCUT2D eigenvalue weighted by molar-refractivity contribution is 5.94. The van der Waals surface area contributed by atoms with Crippen LogP contribution in [0.25, 0.3) is 10.8 Å². The third kappa shape index (κ3) is 1.93. The molecule has 1 aliphatic heterocycles. The molecule has 0 radical (unpaired) electrons. The van der Waals surface area contributed by atoms with E-state index in [1.165, 1.54) is 22.2 Å². The molecule has 19 heavy (non-hydrogen) atoms. The van der Waals surface area contributed by atoms with Gasteiger partial charge in [0, 0.05) is 36.1 Å². The Hall–Kier alpha value is -1.48. The molecule has 0 amide bonds. The second-order valence-electron chi connectivity index (χ2n) is 5.38. The number of hydrogen-bond acceptors (Lipinski definition) is 2. The first-order valence-corrected chi connectivity index (χ1v) is 7.32. The number of rotatable bonds is 3. The van der Waals surface area contributed by atoms with Crippen LogP contribution in [0.1, 0.15) is 37.1 Å². The second kappa shape index (κ2) is 4.89. The predicted octanol–water partition coefficient (Wildman–Crippen LogP) is 2.97. The largest absolute Gasteiger partial charge is 0.494 e. The summed E-state index contributed by atoms with van der Waals surface area (Å²) in [5.74, 6) is 0.470. The number of benzene rings is 1. The maximum absolute atomic E-state index is 10.5. The maximum atomic E-state index is 10.5. The predicted molar refractivity (Wildman–Crippen MR) is 78.7 cm³/mol. The van der Waals surface area contributed by atoms with Gasteiger partial charge >= 0.3 is 0 Å². The van der Waals surface area contributed by atoms with E-state index in [9.17, 15) is 5.11 Å². The Morgan fingerprint density at radius 1 is 1.32 bits per heavy atom. The normalized spacial score (nSPS) is 14.8. The van der Waals surface area contributed by atoms with E-state index in [4.69, 9.17) is 0 Å². The van der Waals surface area contributed by atoms with Gasteiger partial charge in [0.2, 0.25) is 0 Å². The van der Waals surface area contributed by atoms with Gasteiger partial charge in [-0.2, -0.15) is 0 Å². The fourth-order valence-electron chi connectivity index (χ4n) is 3.17. The monoisotopic (exact) mass is 258 g/mol. The molecule has 0 atom stereocenters. The van der Waals surface area contributed by atoms with E-state index in [0.29, 0.717) is 5.88 Å². The molecule has 3 heteroatoms. The summed E-state index contributed by atoms with van der Waals surface area (Å²) in [5, 5.41) is 16.3. The van der Waals surface area contributed by atoms with Crippen molar-refractivity contribution < 1.29 is 5.11 Å². The summed E-state index contributed by atoms with van der Waals surface area (Å²) < 4.78 is 2.08. The molecule has 0 spiro atoms. The number of hydrogen-bond donors (Lipinski definition) is 2. The van der Waals surface area contributed by atoms with Crippen LogP contribution in [0.4, 0.5) is 0 Å². The van der Waals surface area contributed by atoms with Crippen molar-refractivity contribution in [2.24, 2.45) is 0 Å². The van der Waals surface area contributed by atoms with Crippen molar-refractivity contribution in [1.29, 1.82) is 0 Å². The molecule has 2 heterocycles. The zero-order valence-electron chi connectivity index (χ0n) is 11.8. The summed E-state index contributed by atoms with van der Waals surface area (Å²) in [4.78, 5) is 0. The molecule has 0 saturated heterocycles. The molecular formula is C16H22N2O. The number of aryl methyl sites for hydroxylation is 2. The molecule has 3 nitrogen and oxygen atoms in total. The summed E-state index contributed by atoms with van der Waals surface area (Å²) in [6.07, 6.45) is 3.20. The van der Waals surface area contributed by atoms with Crippen molar-refractivity contribution in [3.05, 3.63) is 29.0 Å². The molecule has 1 aromatic carbocycles.